The average Bonchev–Trinajstić information content (AvgIpc) is 2.94. The van der Waals surface area contributed by atoms with Crippen LogP contribution in [0.25, 0.3) is 0 Å². The van der Waals surface area contributed by atoms with Gasteiger partial charge < -0.3 is 8.67 Å². The van der Waals surface area contributed by atoms with Crippen LogP contribution in [0.5, 0.6) is 5.75 Å². The van der Waals surface area contributed by atoms with E-state index in [2.05, 4.69) is 34.6 Å². The topological polar surface area (TPSA) is 43.4 Å². The van der Waals surface area contributed by atoms with Gasteiger partial charge in [0.15, 0.2) is 0 Å². The van der Waals surface area contributed by atoms with Crippen LogP contribution in [0.3, 0.4) is 0 Å². The number of nitrogens with zero attached hydrogens (tertiary/aromatic N) is 1. The van der Waals surface area contributed by atoms with Gasteiger partial charge in [0.2, 0.25) is 0 Å². The lowest BCUT2D eigenvalue weighted by Gasteiger charge is -2.39. The minimum atomic E-state index is -3.44. The second kappa shape index (κ2) is 25.9. The number of rotatable bonds is 25. The molecule has 0 aromatic heterocycles. The van der Waals surface area contributed by atoms with Crippen molar-refractivity contribution >= 4 is 10.1 Å². The standard InChI is InChI=1S/C18H30O3S.C16H36N/c1-2-3-4-5-6-7-8-9-10-14-17-22(19,20)21-18-15-12-11-13-16-18;1-5-9-13-17(14-10-6-2,15-11-7-3)16-12-8-4/h11-13,15-16H,2-10,14,17H2,1H3;5-16H2,1-4H3/q;+1. The molecular weight excluding hydrogens is 502 g/mol. The fraction of sp³-hybridized carbons (Fsp3) is 0.824. The summed E-state index contributed by atoms with van der Waals surface area (Å²) < 4.78 is 30.1. The van der Waals surface area contributed by atoms with E-state index in [1.807, 2.05) is 6.07 Å². The van der Waals surface area contributed by atoms with Crippen LogP contribution in [0.4, 0.5) is 0 Å². The molecule has 0 atom stereocenters. The lowest BCUT2D eigenvalue weighted by molar-refractivity contribution is -0.929. The summed E-state index contributed by atoms with van der Waals surface area (Å²) in [5, 5.41) is 0. The van der Waals surface area contributed by atoms with Gasteiger partial charge in [-0.25, -0.2) is 0 Å². The molecule has 0 aliphatic rings. The molecule has 1 aromatic rings. The summed E-state index contributed by atoms with van der Waals surface area (Å²) in [6.45, 7) is 17.3. The van der Waals surface area contributed by atoms with Crippen LogP contribution in [0.15, 0.2) is 30.3 Å². The molecule has 0 aliphatic carbocycles. The fourth-order valence-corrected chi connectivity index (χ4v) is 6.12. The zero-order valence-electron chi connectivity index (χ0n) is 26.7. The number of unbranched alkanes of at least 4 members (excludes halogenated alkanes) is 13. The average molecular weight is 569 g/mol. The molecule has 0 bridgehead atoms. The summed E-state index contributed by atoms with van der Waals surface area (Å²) in [4.78, 5) is 0. The van der Waals surface area contributed by atoms with Crippen molar-refractivity contribution in [1.82, 2.24) is 0 Å². The molecule has 0 N–H and O–H groups in total. The Morgan fingerprint density at radius 1 is 0.513 bits per heavy atom. The Bertz CT molecular complexity index is 699. The van der Waals surface area contributed by atoms with Gasteiger partial charge in [0.1, 0.15) is 5.75 Å². The van der Waals surface area contributed by atoms with Gasteiger partial charge in [0, 0.05) is 0 Å². The van der Waals surface area contributed by atoms with Crippen LogP contribution in [-0.2, 0) is 10.1 Å². The van der Waals surface area contributed by atoms with Gasteiger partial charge in [-0.15, -0.1) is 0 Å². The van der Waals surface area contributed by atoms with E-state index in [-0.39, 0.29) is 5.75 Å². The smallest absolute Gasteiger partial charge is 0.309 e. The SMILES string of the molecule is CCCCCCCCCCCCS(=O)(=O)Oc1ccccc1.CCCC[N+](CCCC)(CCCC)CCCC. The Morgan fingerprint density at radius 3 is 1.26 bits per heavy atom. The van der Waals surface area contributed by atoms with E-state index in [0.717, 1.165) is 12.8 Å². The Morgan fingerprint density at radius 2 is 0.872 bits per heavy atom. The molecular formula is C34H66NO3S+. The largest absolute Gasteiger partial charge is 0.382 e. The normalized spacial score (nSPS) is 11.7. The summed E-state index contributed by atoms with van der Waals surface area (Å²) >= 11 is 0. The van der Waals surface area contributed by atoms with Crippen LogP contribution in [0.1, 0.15) is 150 Å². The van der Waals surface area contributed by atoms with Gasteiger partial charge >= 0.3 is 10.1 Å². The van der Waals surface area contributed by atoms with Gasteiger partial charge in [0.25, 0.3) is 0 Å². The van der Waals surface area contributed by atoms with Crippen LogP contribution in [0.2, 0.25) is 0 Å². The quantitative estimate of drug-likeness (QED) is 0.0669. The van der Waals surface area contributed by atoms with Crippen molar-refractivity contribution < 1.29 is 17.1 Å². The first kappa shape index (κ1) is 37.9. The lowest BCUT2D eigenvalue weighted by Crippen LogP contribution is -2.50. The van der Waals surface area contributed by atoms with Crippen LogP contribution in [-0.4, -0.2) is 44.8 Å². The molecule has 230 valence electrons. The molecule has 0 amide bonds. The fourth-order valence-electron chi connectivity index (χ4n) is 5.08. The second-order valence-electron chi connectivity index (χ2n) is 11.5. The summed E-state index contributed by atoms with van der Waals surface area (Å²) in [6, 6.07) is 8.70. The maximum Gasteiger partial charge on any atom is 0.309 e. The molecule has 0 heterocycles. The van der Waals surface area contributed by atoms with E-state index in [0.29, 0.717) is 12.2 Å². The summed E-state index contributed by atoms with van der Waals surface area (Å²) in [5.41, 5.74) is 0. The van der Waals surface area contributed by atoms with Crippen LogP contribution in [0, 0.1) is 0 Å². The van der Waals surface area contributed by atoms with Crippen molar-refractivity contribution in [3.8, 4) is 5.75 Å². The van der Waals surface area contributed by atoms with Crippen molar-refractivity contribution in [3.63, 3.8) is 0 Å². The molecule has 0 unspecified atom stereocenters. The van der Waals surface area contributed by atoms with E-state index in [9.17, 15) is 8.42 Å². The highest BCUT2D eigenvalue weighted by molar-refractivity contribution is 7.87. The summed E-state index contributed by atoms with van der Waals surface area (Å²) in [7, 11) is -3.44. The highest BCUT2D eigenvalue weighted by Gasteiger charge is 2.24. The highest BCUT2D eigenvalue weighted by atomic mass is 32.2. The molecule has 0 spiro atoms. The molecule has 0 saturated heterocycles. The number of hydrogen-bond acceptors (Lipinski definition) is 3. The highest BCUT2D eigenvalue weighted by Crippen LogP contribution is 2.17. The lowest BCUT2D eigenvalue weighted by atomic mass is 10.1. The van der Waals surface area contributed by atoms with Crippen LogP contribution >= 0.6 is 0 Å². The molecule has 0 fully saturated rings. The molecule has 1 aromatic carbocycles. The van der Waals surface area contributed by atoms with E-state index in [1.165, 1.54) is 127 Å². The monoisotopic (exact) mass is 568 g/mol. The number of para-hydroxylation sites is 1. The first-order valence-electron chi connectivity index (χ1n) is 16.7. The van der Waals surface area contributed by atoms with Crippen molar-refractivity contribution in [2.45, 2.75) is 150 Å². The molecule has 4 nitrogen and oxygen atoms in total. The minimum absolute atomic E-state index is 0.110. The minimum Gasteiger partial charge on any atom is -0.382 e. The third-order valence-corrected chi connectivity index (χ3v) is 8.89. The zero-order chi connectivity index (χ0) is 29.1. The number of quaternary nitrogens is 1. The van der Waals surface area contributed by atoms with E-state index in [4.69, 9.17) is 4.18 Å². The molecule has 1 rings (SSSR count). The predicted octanol–water partition coefficient (Wildman–Crippen LogP) is 10.3. The number of hydrogen-bond donors (Lipinski definition) is 0. The molecule has 5 heteroatoms. The van der Waals surface area contributed by atoms with E-state index >= 15 is 0 Å². The zero-order valence-corrected chi connectivity index (χ0v) is 27.5. The first-order valence-corrected chi connectivity index (χ1v) is 18.3. The summed E-state index contributed by atoms with van der Waals surface area (Å²) in [6.07, 6.45) is 23.0. The maximum atomic E-state index is 11.8. The predicted molar refractivity (Wildman–Crippen MR) is 172 cm³/mol. The molecule has 0 aliphatic heterocycles. The Kier molecular flexibility index (Phi) is 25.2. The summed E-state index contributed by atoms with van der Waals surface area (Å²) in [5.74, 6) is 0.507. The van der Waals surface area contributed by atoms with E-state index < -0.39 is 10.1 Å². The van der Waals surface area contributed by atoms with Crippen molar-refractivity contribution in [3.05, 3.63) is 30.3 Å². The van der Waals surface area contributed by atoms with Gasteiger partial charge in [0.05, 0.1) is 31.9 Å². The van der Waals surface area contributed by atoms with Gasteiger partial charge in [-0.1, -0.05) is 136 Å². The molecule has 0 saturated carbocycles. The maximum absolute atomic E-state index is 11.8. The third kappa shape index (κ3) is 22.3. The van der Waals surface area contributed by atoms with Crippen molar-refractivity contribution in [2.75, 3.05) is 31.9 Å². The van der Waals surface area contributed by atoms with Crippen LogP contribution < -0.4 is 4.18 Å². The first-order chi connectivity index (χ1) is 18.9. The van der Waals surface area contributed by atoms with Gasteiger partial charge in [-0.3, -0.25) is 0 Å². The Hall–Kier alpha value is -1.07. The molecule has 0 radical (unpaired) electrons. The Balaban J connectivity index is 0.000000768. The number of benzene rings is 1. The van der Waals surface area contributed by atoms with Crippen molar-refractivity contribution in [1.29, 1.82) is 0 Å². The Labute approximate surface area is 245 Å². The molecule has 39 heavy (non-hydrogen) atoms. The van der Waals surface area contributed by atoms with Crippen molar-refractivity contribution in [2.24, 2.45) is 0 Å². The van der Waals surface area contributed by atoms with Gasteiger partial charge in [-0.05, 0) is 44.2 Å². The van der Waals surface area contributed by atoms with E-state index in [1.54, 1.807) is 24.3 Å². The van der Waals surface area contributed by atoms with Gasteiger partial charge in [-0.2, -0.15) is 8.42 Å². The third-order valence-electron chi connectivity index (χ3n) is 7.66. The second-order valence-corrected chi connectivity index (χ2v) is 13.2.